The number of hydrogen-bond donors (Lipinski definition) is 1. The van der Waals surface area contributed by atoms with Gasteiger partial charge in [-0.1, -0.05) is 74.5 Å². The fraction of sp³-hybridized carbons (Fsp3) is 0.333. The second-order valence-electron chi connectivity index (χ2n) is 5.72. The van der Waals surface area contributed by atoms with E-state index in [0.717, 1.165) is 12.8 Å². The molecule has 0 spiro atoms. The highest BCUT2D eigenvalue weighted by molar-refractivity contribution is 5.26. The smallest absolute Gasteiger partial charge is 0.0134 e. The van der Waals surface area contributed by atoms with Crippen LogP contribution < -0.4 is 5.73 Å². The summed E-state index contributed by atoms with van der Waals surface area (Å²) in [4.78, 5) is 0. The number of rotatable bonds is 5. The molecule has 2 aromatic carbocycles. The molecule has 1 unspecified atom stereocenters. The average Bonchev–Trinajstić information content (AvgIpc) is 2.46. The van der Waals surface area contributed by atoms with E-state index in [1.165, 1.54) is 11.1 Å². The molecule has 2 aromatic rings. The van der Waals surface area contributed by atoms with Gasteiger partial charge in [-0.05, 0) is 24.0 Å². The minimum atomic E-state index is 0.00996. The lowest BCUT2D eigenvalue weighted by atomic mass is 9.76. The predicted molar refractivity (Wildman–Crippen MR) is 82.2 cm³/mol. The molecular formula is C18H23N. The molecular weight excluding hydrogens is 230 g/mol. The van der Waals surface area contributed by atoms with Crippen LogP contribution >= 0.6 is 0 Å². The molecule has 0 heterocycles. The van der Waals surface area contributed by atoms with Gasteiger partial charge in [0.25, 0.3) is 0 Å². The van der Waals surface area contributed by atoms with Crippen molar-refractivity contribution in [2.45, 2.75) is 38.1 Å². The molecule has 19 heavy (non-hydrogen) atoms. The molecule has 2 rings (SSSR count). The largest absolute Gasteiger partial charge is 0.327 e. The maximum Gasteiger partial charge on any atom is 0.0134 e. The summed E-state index contributed by atoms with van der Waals surface area (Å²) in [6.45, 7) is 4.47. The third-order valence-electron chi connectivity index (χ3n) is 4.03. The zero-order chi connectivity index (χ0) is 13.7. The molecule has 0 aliphatic rings. The van der Waals surface area contributed by atoms with Crippen molar-refractivity contribution in [3.8, 4) is 0 Å². The number of hydrogen-bond acceptors (Lipinski definition) is 1. The van der Waals surface area contributed by atoms with Crippen LogP contribution in [0, 0.1) is 0 Å². The molecule has 0 saturated heterocycles. The van der Waals surface area contributed by atoms with E-state index in [9.17, 15) is 0 Å². The van der Waals surface area contributed by atoms with E-state index in [4.69, 9.17) is 5.73 Å². The fourth-order valence-corrected chi connectivity index (χ4v) is 2.41. The van der Waals surface area contributed by atoms with E-state index in [1.54, 1.807) is 0 Å². The van der Waals surface area contributed by atoms with Crippen LogP contribution in [0.3, 0.4) is 0 Å². The zero-order valence-corrected chi connectivity index (χ0v) is 11.8. The molecule has 0 bridgehead atoms. The van der Waals surface area contributed by atoms with Crippen molar-refractivity contribution in [2.24, 2.45) is 5.73 Å². The van der Waals surface area contributed by atoms with Crippen LogP contribution in [-0.2, 0) is 11.8 Å². The molecule has 0 radical (unpaired) electrons. The molecule has 2 N–H and O–H groups in total. The van der Waals surface area contributed by atoms with Gasteiger partial charge in [0.05, 0.1) is 0 Å². The summed E-state index contributed by atoms with van der Waals surface area (Å²) in [5.41, 5.74) is 9.12. The second-order valence-corrected chi connectivity index (χ2v) is 5.72. The lowest BCUT2D eigenvalue weighted by Gasteiger charge is -2.32. The quantitative estimate of drug-likeness (QED) is 0.858. The summed E-state index contributed by atoms with van der Waals surface area (Å²) in [5, 5.41) is 0. The Hall–Kier alpha value is -1.60. The summed E-state index contributed by atoms with van der Waals surface area (Å²) >= 11 is 0. The molecule has 100 valence electrons. The number of aryl methyl sites for hydroxylation is 1. The van der Waals surface area contributed by atoms with Gasteiger partial charge in [-0.2, -0.15) is 0 Å². The maximum absolute atomic E-state index is 6.43. The standard InChI is InChI=1S/C18H23N/c1-18(2,16-11-7-4-8-12-16)17(19)14-13-15-9-5-3-6-10-15/h3-12,17H,13-14,19H2,1-2H3. The van der Waals surface area contributed by atoms with Gasteiger partial charge < -0.3 is 5.73 Å². The van der Waals surface area contributed by atoms with Gasteiger partial charge >= 0.3 is 0 Å². The number of nitrogens with two attached hydrogens (primary N) is 1. The highest BCUT2D eigenvalue weighted by Crippen LogP contribution is 2.28. The zero-order valence-electron chi connectivity index (χ0n) is 11.8. The molecule has 0 saturated carbocycles. The van der Waals surface area contributed by atoms with Gasteiger partial charge in [-0.3, -0.25) is 0 Å². The first-order chi connectivity index (χ1) is 9.10. The molecule has 0 fully saturated rings. The number of benzene rings is 2. The van der Waals surface area contributed by atoms with Crippen molar-refractivity contribution in [2.75, 3.05) is 0 Å². The van der Waals surface area contributed by atoms with Crippen molar-refractivity contribution in [3.05, 3.63) is 71.8 Å². The monoisotopic (exact) mass is 253 g/mol. The highest BCUT2D eigenvalue weighted by atomic mass is 14.7. The first kappa shape index (κ1) is 13.8. The van der Waals surface area contributed by atoms with Crippen molar-refractivity contribution >= 4 is 0 Å². The summed E-state index contributed by atoms with van der Waals surface area (Å²) in [5.74, 6) is 0. The Morgan fingerprint density at radius 3 is 2.00 bits per heavy atom. The third-order valence-corrected chi connectivity index (χ3v) is 4.03. The normalized spacial score (nSPS) is 13.2. The summed E-state index contributed by atoms with van der Waals surface area (Å²) in [6, 6.07) is 21.3. The van der Waals surface area contributed by atoms with E-state index in [1.807, 2.05) is 0 Å². The molecule has 1 heteroatoms. The summed E-state index contributed by atoms with van der Waals surface area (Å²) < 4.78 is 0. The Labute approximate surface area is 116 Å². The van der Waals surface area contributed by atoms with E-state index in [-0.39, 0.29) is 11.5 Å². The average molecular weight is 253 g/mol. The molecule has 0 aromatic heterocycles. The maximum atomic E-state index is 6.43. The fourth-order valence-electron chi connectivity index (χ4n) is 2.41. The summed E-state index contributed by atoms with van der Waals surface area (Å²) in [6.07, 6.45) is 2.05. The third kappa shape index (κ3) is 3.45. The van der Waals surface area contributed by atoms with Gasteiger partial charge in [0.15, 0.2) is 0 Å². The SMILES string of the molecule is CC(C)(c1ccccc1)C(N)CCc1ccccc1. The minimum Gasteiger partial charge on any atom is -0.327 e. The second kappa shape index (κ2) is 6.03. The van der Waals surface area contributed by atoms with Gasteiger partial charge in [0.1, 0.15) is 0 Å². The van der Waals surface area contributed by atoms with Gasteiger partial charge in [0, 0.05) is 11.5 Å². The van der Waals surface area contributed by atoms with Crippen LogP contribution in [0.2, 0.25) is 0 Å². The predicted octanol–water partition coefficient (Wildman–Crippen LogP) is 3.92. The molecule has 0 aliphatic heterocycles. The van der Waals surface area contributed by atoms with Crippen LogP contribution in [0.15, 0.2) is 60.7 Å². The lowest BCUT2D eigenvalue weighted by Crippen LogP contribution is -2.41. The van der Waals surface area contributed by atoms with Crippen LogP contribution in [0.25, 0.3) is 0 Å². The van der Waals surface area contributed by atoms with Gasteiger partial charge in [-0.25, -0.2) is 0 Å². The topological polar surface area (TPSA) is 26.0 Å². The van der Waals surface area contributed by atoms with Gasteiger partial charge in [0.2, 0.25) is 0 Å². The van der Waals surface area contributed by atoms with Crippen LogP contribution in [0.4, 0.5) is 0 Å². The Morgan fingerprint density at radius 2 is 1.42 bits per heavy atom. The van der Waals surface area contributed by atoms with Crippen molar-refractivity contribution < 1.29 is 0 Å². The highest BCUT2D eigenvalue weighted by Gasteiger charge is 2.27. The van der Waals surface area contributed by atoms with Crippen LogP contribution in [-0.4, -0.2) is 6.04 Å². The Morgan fingerprint density at radius 1 is 0.895 bits per heavy atom. The van der Waals surface area contributed by atoms with E-state index < -0.39 is 0 Å². The Kier molecular flexibility index (Phi) is 4.39. The van der Waals surface area contributed by atoms with Crippen molar-refractivity contribution in [1.29, 1.82) is 0 Å². The Bertz CT molecular complexity index is 488. The van der Waals surface area contributed by atoms with Crippen LogP contribution in [0.1, 0.15) is 31.4 Å². The molecule has 0 amide bonds. The van der Waals surface area contributed by atoms with Crippen molar-refractivity contribution in [1.82, 2.24) is 0 Å². The van der Waals surface area contributed by atoms with Crippen LogP contribution in [0.5, 0.6) is 0 Å². The molecule has 0 aliphatic carbocycles. The first-order valence-corrected chi connectivity index (χ1v) is 6.96. The molecule has 1 atom stereocenters. The lowest BCUT2D eigenvalue weighted by molar-refractivity contribution is 0.388. The summed E-state index contributed by atoms with van der Waals surface area (Å²) in [7, 11) is 0. The minimum absolute atomic E-state index is 0.00996. The van der Waals surface area contributed by atoms with E-state index in [0.29, 0.717) is 0 Å². The Balaban J connectivity index is 2.01. The first-order valence-electron chi connectivity index (χ1n) is 6.96. The van der Waals surface area contributed by atoms with E-state index >= 15 is 0 Å². The van der Waals surface area contributed by atoms with E-state index in [2.05, 4.69) is 74.5 Å². The van der Waals surface area contributed by atoms with Gasteiger partial charge in [-0.15, -0.1) is 0 Å². The molecule has 1 nitrogen and oxygen atoms in total. The van der Waals surface area contributed by atoms with Crippen molar-refractivity contribution in [3.63, 3.8) is 0 Å².